The molecule has 0 unspecified atom stereocenters. The molecule has 1 aromatic carbocycles. The maximum absolute atomic E-state index is 12.2. The van der Waals surface area contributed by atoms with Gasteiger partial charge in [0.1, 0.15) is 0 Å². The number of ether oxygens (including phenoxy) is 1. The Morgan fingerprint density at radius 1 is 1.29 bits per heavy atom. The van der Waals surface area contributed by atoms with Gasteiger partial charge >= 0.3 is 5.97 Å². The van der Waals surface area contributed by atoms with Crippen molar-refractivity contribution in [3.8, 4) is 6.07 Å². The number of carbonyl (C=O) groups excluding carboxylic acids is 2. The van der Waals surface area contributed by atoms with E-state index in [2.05, 4.69) is 11.4 Å². The molecule has 1 heterocycles. The Morgan fingerprint density at radius 2 is 2.04 bits per heavy atom. The lowest BCUT2D eigenvalue weighted by Crippen LogP contribution is -2.30. The van der Waals surface area contributed by atoms with Gasteiger partial charge in [0.05, 0.1) is 31.2 Å². The smallest absolute Gasteiger partial charge is 0.307 e. The lowest BCUT2D eigenvalue weighted by atomic mass is 10.1. The molecule has 0 saturated heterocycles. The molecule has 0 saturated carbocycles. The van der Waals surface area contributed by atoms with Crippen molar-refractivity contribution in [3.63, 3.8) is 0 Å². The van der Waals surface area contributed by atoms with Crippen molar-refractivity contribution >= 4 is 23.2 Å². The zero-order valence-electron chi connectivity index (χ0n) is 13.3. The van der Waals surface area contributed by atoms with Crippen molar-refractivity contribution in [2.75, 3.05) is 7.11 Å². The van der Waals surface area contributed by atoms with E-state index in [9.17, 15) is 9.59 Å². The lowest BCUT2D eigenvalue weighted by molar-refractivity contribution is -0.141. The number of hydrogen-bond donors (Lipinski definition) is 1. The first-order valence-corrected chi connectivity index (χ1v) is 8.39. The number of rotatable bonds is 7. The normalized spacial score (nSPS) is 11.3. The third-order valence-corrected chi connectivity index (χ3v) is 4.53. The summed E-state index contributed by atoms with van der Waals surface area (Å²) in [7, 11) is 1.33. The van der Waals surface area contributed by atoms with E-state index >= 15 is 0 Å². The average molecular weight is 342 g/mol. The molecule has 1 atom stereocenters. The molecule has 1 amide bonds. The van der Waals surface area contributed by atoms with Gasteiger partial charge in [0.25, 0.3) is 0 Å². The fourth-order valence-electron chi connectivity index (χ4n) is 2.23. The Hall–Kier alpha value is -2.65. The highest BCUT2D eigenvalue weighted by Gasteiger charge is 2.19. The predicted octanol–water partition coefficient (Wildman–Crippen LogP) is 2.97. The standard InChI is InChI=1S/C18H18N2O3S/c1-23-18(22)11-15(16-3-2-10-24-16)20-17(21)9-8-13-4-6-14(12-19)7-5-13/h2-7,10,15H,8-9,11H2,1H3,(H,20,21)/t15-/m1/s1. The number of benzene rings is 1. The van der Waals surface area contributed by atoms with Crippen LogP contribution in [0.4, 0.5) is 0 Å². The molecule has 1 aromatic heterocycles. The van der Waals surface area contributed by atoms with Crippen LogP contribution >= 0.6 is 11.3 Å². The summed E-state index contributed by atoms with van der Waals surface area (Å²) in [5, 5.41) is 13.6. The zero-order valence-corrected chi connectivity index (χ0v) is 14.1. The minimum absolute atomic E-state index is 0.111. The molecule has 0 aliphatic rings. The highest BCUT2D eigenvalue weighted by Crippen LogP contribution is 2.22. The van der Waals surface area contributed by atoms with E-state index in [-0.39, 0.29) is 24.3 Å². The van der Waals surface area contributed by atoms with E-state index in [1.165, 1.54) is 18.4 Å². The largest absolute Gasteiger partial charge is 0.469 e. The second kappa shape index (κ2) is 8.85. The van der Waals surface area contributed by atoms with Gasteiger partial charge in [0.2, 0.25) is 5.91 Å². The Kier molecular flexibility index (Phi) is 6.52. The number of thiophene rings is 1. The molecular formula is C18H18N2O3S. The highest BCUT2D eigenvalue weighted by atomic mass is 32.1. The first kappa shape index (κ1) is 17.7. The van der Waals surface area contributed by atoms with E-state index in [4.69, 9.17) is 10.00 Å². The number of aryl methyl sites for hydroxylation is 1. The Balaban J connectivity index is 1.92. The van der Waals surface area contributed by atoms with Crippen molar-refractivity contribution in [2.45, 2.75) is 25.3 Å². The summed E-state index contributed by atoms with van der Waals surface area (Å²) in [5.41, 5.74) is 1.59. The number of amides is 1. The van der Waals surface area contributed by atoms with Crippen LogP contribution in [-0.2, 0) is 20.7 Å². The molecule has 5 nitrogen and oxygen atoms in total. The van der Waals surface area contributed by atoms with Crippen LogP contribution in [0.25, 0.3) is 0 Å². The minimum Gasteiger partial charge on any atom is -0.469 e. The second-order valence-electron chi connectivity index (χ2n) is 5.22. The van der Waals surface area contributed by atoms with Crippen LogP contribution in [0.5, 0.6) is 0 Å². The second-order valence-corrected chi connectivity index (χ2v) is 6.20. The van der Waals surface area contributed by atoms with Crippen LogP contribution in [0.3, 0.4) is 0 Å². The Labute approximate surface area is 144 Å². The minimum atomic E-state index is -0.370. The van der Waals surface area contributed by atoms with E-state index in [0.717, 1.165) is 10.4 Å². The molecule has 6 heteroatoms. The van der Waals surface area contributed by atoms with Crippen LogP contribution in [0.2, 0.25) is 0 Å². The molecule has 0 aliphatic heterocycles. The summed E-state index contributed by atoms with van der Waals surface area (Å²) in [6.07, 6.45) is 1.00. The van der Waals surface area contributed by atoms with Crippen molar-refractivity contribution in [2.24, 2.45) is 0 Å². The van der Waals surface area contributed by atoms with Crippen LogP contribution in [0, 0.1) is 11.3 Å². The SMILES string of the molecule is COC(=O)C[C@@H](NC(=O)CCc1ccc(C#N)cc1)c1cccs1. The molecule has 0 fully saturated rings. The van der Waals surface area contributed by atoms with E-state index < -0.39 is 0 Å². The summed E-state index contributed by atoms with van der Waals surface area (Å²) in [5.74, 6) is -0.484. The highest BCUT2D eigenvalue weighted by molar-refractivity contribution is 7.10. The molecule has 0 bridgehead atoms. The quantitative estimate of drug-likeness (QED) is 0.785. The first-order valence-electron chi connectivity index (χ1n) is 7.51. The van der Waals surface area contributed by atoms with Crippen molar-refractivity contribution < 1.29 is 14.3 Å². The number of methoxy groups -OCH3 is 1. The van der Waals surface area contributed by atoms with E-state index in [0.29, 0.717) is 18.4 Å². The summed E-state index contributed by atoms with van der Waals surface area (Å²) in [6.45, 7) is 0. The topological polar surface area (TPSA) is 79.2 Å². The third kappa shape index (κ3) is 5.21. The fourth-order valence-corrected chi connectivity index (χ4v) is 3.01. The first-order chi connectivity index (χ1) is 11.6. The number of nitrogens with one attached hydrogen (secondary N) is 1. The number of esters is 1. The van der Waals surface area contributed by atoms with Gasteiger partial charge in [-0.3, -0.25) is 9.59 Å². The van der Waals surface area contributed by atoms with Gasteiger partial charge in [-0.1, -0.05) is 18.2 Å². The molecule has 124 valence electrons. The average Bonchev–Trinajstić information content (AvgIpc) is 3.14. The summed E-state index contributed by atoms with van der Waals surface area (Å²) >= 11 is 1.49. The van der Waals surface area contributed by atoms with Crippen molar-refractivity contribution in [3.05, 3.63) is 57.8 Å². The van der Waals surface area contributed by atoms with Crippen LogP contribution in [0.1, 0.15) is 34.9 Å². The molecule has 0 radical (unpaired) electrons. The number of nitriles is 1. The molecule has 2 rings (SSSR count). The molecule has 0 spiro atoms. The van der Waals surface area contributed by atoms with Crippen LogP contribution in [0.15, 0.2) is 41.8 Å². The maximum Gasteiger partial charge on any atom is 0.307 e. The third-order valence-electron chi connectivity index (χ3n) is 3.54. The molecule has 2 aromatic rings. The summed E-state index contributed by atoms with van der Waals surface area (Å²) in [6, 6.07) is 12.6. The number of carbonyl (C=O) groups is 2. The lowest BCUT2D eigenvalue weighted by Gasteiger charge is -2.16. The fraction of sp³-hybridized carbons (Fsp3) is 0.278. The van der Waals surface area contributed by atoms with Gasteiger partial charge in [-0.2, -0.15) is 5.26 Å². The van der Waals surface area contributed by atoms with Gasteiger partial charge in [0.15, 0.2) is 0 Å². The summed E-state index contributed by atoms with van der Waals surface area (Å²) < 4.78 is 4.70. The van der Waals surface area contributed by atoms with Crippen LogP contribution < -0.4 is 5.32 Å². The number of hydrogen-bond acceptors (Lipinski definition) is 5. The van der Waals surface area contributed by atoms with Gasteiger partial charge in [0, 0.05) is 11.3 Å². The molecule has 24 heavy (non-hydrogen) atoms. The Morgan fingerprint density at radius 3 is 2.62 bits per heavy atom. The Bertz CT molecular complexity index is 718. The van der Waals surface area contributed by atoms with Gasteiger partial charge in [-0.05, 0) is 35.6 Å². The molecular weight excluding hydrogens is 324 g/mol. The maximum atomic E-state index is 12.2. The molecule has 1 N–H and O–H groups in total. The van der Waals surface area contributed by atoms with Crippen molar-refractivity contribution in [1.82, 2.24) is 5.32 Å². The number of nitrogens with zero attached hydrogens (tertiary/aromatic N) is 1. The van der Waals surface area contributed by atoms with E-state index in [1.807, 2.05) is 29.6 Å². The monoisotopic (exact) mass is 342 g/mol. The summed E-state index contributed by atoms with van der Waals surface area (Å²) in [4.78, 5) is 24.7. The van der Waals surface area contributed by atoms with E-state index in [1.54, 1.807) is 12.1 Å². The van der Waals surface area contributed by atoms with Gasteiger partial charge < -0.3 is 10.1 Å². The predicted molar refractivity (Wildman–Crippen MR) is 91.3 cm³/mol. The van der Waals surface area contributed by atoms with Gasteiger partial charge in [-0.15, -0.1) is 11.3 Å². The van der Waals surface area contributed by atoms with Crippen molar-refractivity contribution in [1.29, 1.82) is 5.26 Å². The molecule has 0 aliphatic carbocycles. The van der Waals surface area contributed by atoms with Crippen LogP contribution in [-0.4, -0.2) is 19.0 Å². The van der Waals surface area contributed by atoms with Gasteiger partial charge in [-0.25, -0.2) is 0 Å². The zero-order chi connectivity index (χ0) is 17.4.